The number of ether oxygens (including phenoxy) is 3. The second-order valence-electron chi connectivity index (χ2n) is 12.8. The van der Waals surface area contributed by atoms with E-state index in [2.05, 4.69) is 41.5 Å². The number of aromatic nitrogens is 7. The van der Waals surface area contributed by atoms with Gasteiger partial charge in [-0.2, -0.15) is 9.97 Å². The molecular formula is C35H43N9O6. The first-order chi connectivity index (χ1) is 24.2. The van der Waals surface area contributed by atoms with E-state index in [0.717, 1.165) is 29.7 Å². The molecule has 4 N–H and O–H groups in total. The molecule has 5 rings (SSSR count). The van der Waals surface area contributed by atoms with Crippen LogP contribution in [0.25, 0.3) is 11.2 Å². The third-order valence-corrected chi connectivity index (χ3v) is 8.47. The number of carbonyl (C=O) groups excluding carboxylic acids is 3. The van der Waals surface area contributed by atoms with Crippen molar-refractivity contribution < 1.29 is 28.6 Å². The first kappa shape index (κ1) is 35.8. The molecule has 50 heavy (non-hydrogen) atoms. The maximum absolute atomic E-state index is 13.1. The zero-order valence-electron chi connectivity index (χ0n) is 28.3. The van der Waals surface area contributed by atoms with Crippen LogP contribution in [0.4, 0.5) is 5.95 Å². The average molecular weight is 686 g/mol. The van der Waals surface area contributed by atoms with Gasteiger partial charge in [0.2, 0.25) is 18.2 Å². The maximum Gasteiger partial charge on any atom is 0.328 e. The molecule has 1 aromatic carbocycles. The predicted octanol–water partition coefficient (Wildman–Crippen LogP) is 3.28. The van der Waals surface area contributed by atoms with Crippen LogP contribution < -0.4 is 15.8 Å². The molecule has 0 saturated carbocycles. The highest BCUT2D eigenvalue weighted by molar-refractivity contribution is 5.79. The molecule has 4 aromatic rings. The van der Waals surface area contributed by atoms with Crippen LogP contribution in [0.2, 0.25) is 0 Å². The first-order valence-electron chi connectivity index (χ1n) is 16.8. The molecule has 1 aliphatic heterocycles. The number of cyclic esters (lactones) is 1. The van der Waals surface area contributed by atoms with Gasteiger partial charge in [0.25, 0.3) is 0 Å². The number of hydrogen-bond acceptors (Lipinski definition) is 12. The summed E-state index contributed by atoms with van der Waals surface area (Å²) in [5, 5.41) is 11.2. The quantitative estimate of drug-likeness (QED) is 0.0531. The van der Waals surface area contributed by atoms with Crippen molar-refractivity contribution in [3.05, 3.63) is 53.6 Å². The molecule has 3 aromatic heterocycles. The number of fused-ring (bicyclic) bond motifs is 1. The van der Waals surface area contributed by atoms with Gasteiger partial charge < -0.3 is 30.2 Å². The lowest BCUT2D eigenvalue weighted by Gasteiger charge is -2.37. The smallest absolute Gasteiger partial charge is 0.328 e. The molecule has 15 heteroatoms. The van der Waals surface area contributed by atoms with Gasteiger partial charge in [-0.15, -0.1) is 17.4 Å². The fourth-order valence-corrected chi connectivity index (χ4v) is 5.87. The van der Waals surface area contributed by atoms with Gasteiger partial charge in [-0.05, 0) is 49.1 Å². The Labute approximate surface area is 290 Å². The summed E-state index contributed by atoms with van der Waals surface area (Å²) in [7, 11) is 0. The Bertz CT molecular complexity index is 1780. The van der Waals surface area contributed by atoms with Crippen LogP contribution >= 0.6 is 0 Å². The zero-order valence-corrected chi connectivity index (χ0v) is 28.3. The van der Waals surface area contributed by atoms with E-state index in [1.807, 2.05) is 44.3 Å². The lowest BCUT2D eigenvalue weighted by atomic mass is 9.86. The summed E-state index contributed by atoms with van der Waals surface area (Å²) in [5.74, 6) is 2.19. The Morgan fingerprint density at radius 3 is 2.76 bits per heavy atom. The van der Waals surface area contributed by atoms with E-state index >= 15 is 0 Å². The number of nitrogens with two attached hydrogens (primary N) is 1. The summed E-state index contributed by atoms with van der Waals surface area (Å²) in [4.78, 5) is 51.9. The number of benzene rings is 1. The van der Waals surface area contributed by atoms with Crippen molar-refractivity contribution in [2.45, 2.75) is 96.6 Å². The van der Waals surface area contributed by atoms with Crippen molar-refractivity contribution in [3.8, 4) is 18.2 Å². The van der Waals surface area contributed by atoms with Crippen LogP contribution in [-0.2, 0) is 43.4 Å². The van der Waals surface area contributed by atoms with Crippen molar-refractivity contribution in [1.82, 2.24) is 40.2 Å². The Morgan fingerprint density at radius 1 is 1.22 bits per heavy atom. The molecule has 1 amide bonds. The topological polar surface area (TPSA) is 202 Å². The molecule has 15 nitrogen and oxygen atoms in total. The number of aryl methyl sites for hydroxylation is 1. The number of esters is 2. The molecule has 264 valence electrons. The molecular weight excluding hydrogens is 642 g/mol. The predicted molar refractivity (Wildman–Crippen MR) is 182 cm³/mol. The number of anilines is 1. The number of aromatic amines is 1. The van der Waals surface area contributed by atoms with Crippen molar-refractivity contribution in [2.75, 3.05) is 5.73 Å². The van der Waals surface area contributed by atoms with Crippen LogP contribution in [-0.4, -0.2) is 71.5 Å². The van der Waals surface area contributed by atoms with E-state index in [0.29, 0.717) is 68.5 Å². The largest absolute Gasteiger partial charge is 0.471 e. The number of nitrogen functional groups attached to an aromatic ring is 1. The molecule has 1 aliphatic rings. The second kappa shape index (κ2) is 17.2. The number of rotatable bonds is 20. The van der Waals surface area contributed by atoms with Crippen LogP contribution in [0.1, 0.15) is 75.6 Å². The maximum atomic E-state index is 13.1. The van der Waals surface area contributed by atoms with Gasteiger partial charge in [0.05, 0.1) is 24.5 Å². The highest BCUT2D eigenvalue weighted by Gasteiger charge is 2.43. The Morgan fingerprint density at radius 2 is 2.02 bits per heavy atom. The van der Waals surface area contributed by atoms with Crippen LogP contribution in [0, 0.1) is 24.2 Å². The molecule has 0 aliphatic carbocycles. The van der Waals surface area contributed by atoms with E-state index in [1.54, 1.807) is 4.68 Å². The minimum atomic E-state index is -0.768. The normalized spacial score (nSPS) is 16.6. The summed E-state index contributed by atoms with van der Waals surface area (Å²) in [6, 6.07) is 7.12. The Kier molecular flexibility index (Phi) is 12.3. The van der Waals surface area contributed by atoms with E-state index in [-0.39, 0.29) is 36.5 Å². The number of terminal acetylenes is 1. The van der Waals surface area contributed by atoms with Gasteiger partial charge in [0.1, 0.15) is 30.4 Å². The van der Waals surface area contributed by atoms with Gasteiger partial charge in [-0.3, -0.25) is 9.59 Å². The number of amides is 1. The highest BCUT2D eigenvalue weighted by atomic mass is 16.6. The molecule has 4 atom stereocenters. The van der Waals surface area contributed by atoms with Crippen molar-refractivity contribution in [2.24, 2.45) is 11.8 Å². The summed E-state index contributed by atoms with van der Waals surface area (Å²) >= 11 is 0. The molecule has 0 radical (unpaired) electrons. The number of nitrogens with one attached hydrogen (secondary N) is 2. The van der Waals surface area contributed by atoms with E-state index < -0.39 is 18.1 Å². The fraction of sp³-hybridized carbons (Fsp3) is 0.486. The van der Waals surface area contributed by atoms with Gasteiger partial charge in [0, 0.05) is 19.0 Å². The van der Waals surface area contributed by atoms with E-state index in [1.165, 1.54) is 6.33 Å². The molecule has 0 spiro atoms. The van der Waals surface area contributed by atoms with Crippen molar-refractivity contribution >= 4 is 35.5 Å². The van der Waals surface area contributed by atoms with Crippen molar-refractivity contribution in [3.63, 3.8) is 0 Å². The number of hydrogen-bond donors (Lipinski definition) is 3. The summed E-state index contributed by atoms with van der Waals surface area (Å²) < 4.78 is 19.0. The van der Waals surface area contributed by atoms with Gasteiger partial charge in [0.15, 0.2) is 5.65 Å². The first-order valence-corrected chi connectivity index (χ1v) is 16.8. The standard InChI is InChI=1S/C35H43N9O6/c1-4-5-6-7-8-27-29(50-33(27)46)16-26(49-34(47)28(39-21-45)15-22(2)3)14-13-25-18-44(43-42-25)17-23-9-11-24(12-10-23)19-48-32-30-31(38-20-37-30)40-35(36)41-32/h1,9-12,18,20-22,26-29H,5-8,13-17,19H2,2-3H3,(H,39,45)(H3,36,37,38,40,41)/t26-,27-,28-,29-/m0/s1. The monoisotopic (exact) mass is 685 g/mol. The number of nitrogens with zero attached hydrogens (tertiary/aromatic N) is 6. The van der Waals surface area contributed by atoms with E-state index in [9.17, 15) is 14.4 Å². The number of carbonyl (C=O) groups is 3. The van der Waals surface area contributed by atoms with E-state index in [4.69, 9.17) is 26.4 Å². The minimum Gasteiger partial charge on any atom is -0.471 e. The Hall–Kier alpha value is -5.52. The lowest BCUT2D eigenvalue weighted by molar-refractivity contribution is -0.190. The molecule has 0 bridgehead atoms. The summed E-state index contributed by atoms with van der Waals surface area (Å²) in [6.45, 7) is 4.70. The SMILES string of the molecule is C#CCCCC[C@@H]1C(=O)O[C@H]1C[C@H](CCc1cn(Cc2ccc(COc3nc(N)nc4nc[nH]c34)cc2)nn1)OC(=O)[C@H](CC(C)C)NC=O. The van der Waals surface area contributed by atoms with Gasteiger partial charge >= 0.3 is 11.9 Å². The highest BCUT2D eigenvalue weighted by Crippen LogP contribution is 2.32. The number of unbranched alkanes of at least 4 members (excludes halogenated alkanes) is 2. The van der Waals surface area contributed by atoms with Gasteiger partial charge in [-0.1, -0.05) is 49.7 Å². The lowest BCUT2D eigenvalue weighted by Crippen LogP contribution is -2.48. The third kappa shape index (κ3) is 9.77. The Balaban J connectivity index is 1.17. The second-order valence-corrected chi connectivity index (χ2v) is 12.8. The summed E-state index contributed by atoms with van der Waals surface area (Å²) in [6.07, 6.45) is 13.0. The third-order valence-electron chi connectivity index (χ3n) is 8.47. The summed E-state index contributed by atoms with van der Waals surface area (Å²) in [5.41, 5.74) is 9.46. The van der Waals surface area contributed by atoms with Crippen LogP contribution in [0.15, 0.2) is 36.8 Å². The average Bonchev–Trinajstić information content (AvgIpc) is 3.75. The number of H-pyrrole nitrogens is 1. The molecule has 4 heterocycles. The molecule has 1 fully saturated rings. The molecule has 0 unspecified atom stereocenters. The zero-order chi connectivity index (χ0) is 35.5. The van der Waals surface area contributed by atoms with Crippen molar-refractivity contribution in [1.29, 1.82) is 0 Å². The van der Waals surface area contributed by atoms with Gasteiger partial charge in [-0.25, -0.2) is 14.5 Å². The van der Waals surface area contributed by atoms with Crippen LogP contribution in [0.3, 0.4) is 0 Å². The van der Waals surface area contributed by atoms with Crippen LogP contribution in [0.5, 0.6) is 5.88 Å². The minimum absolute atomic E-state index is 0.0844. The number of imidazole rings is 1. The molecule has 1 saturated heterocycles. The fourth-order valence-electron chi connectivity index (χ4n) is 5.87.